The number of nitrogens with zero attached hydrogens (tertiary/aromatic N) is 4. The van der Waals surface area contributed by atoms with Gasteiger partial charge in [-0.3, -0.25) is 4.57 Å². The summed E-state index contributed by atoms with van der Waals surface area (Å²) in [6.07, 6.45) is 2.97. The van der Waals surface area contributed by atoms with Crippen LogP contribution < -0.4 is 10.6 Å². The lowest BCUT2D eigenvalue weighted by Crippen LogP contribution is -2.24. The lowest BCUT2D eigenvalue weighted by Gasteiger charge is -2.20. The Bertz CT molecular complexity index is 1060. The van der Waals surface area contributed by atoms with E-state index in [9.17, 15) is 23.1 Å². The van der Waals surface area contributed by atoms with Crippen LogP contribution >= 0.6 is 11.8 Å². The van der Waals surface area contributed by atoms with Crippen LogP contribution in [0.4, 0.5) is 19.0 Å². The molecule has 0 spiro atoms. The number of pyridine rings is 1. The number of benzene rings is 1. The molecule has 0 aliphatic heterocycles. The number of alkyl halides is 3. The van der Waals surface area contributed by atoms with Crippen LogP contribution in [0.25, 0.3) is 5.69 Å². The molecule has 0 unspecified atom stereocenters. The molecule has 1 N–H and O–H groups in total. The smallest absolute Gasteiger partial charge is 0.446 e. The Balaban J connectivity index is 1.86. The second kappa shape index (κ2) is 8.86. The summed E-state index contributed by atoms with van der Waals surface area (Å²) in [7, 11) is 0. The predicted molar refractivity (Wildman–Crippen MR) is 111 cm³/mol. The summed E-state index contributed by atoms with van der Waals surface area (Å²) in [6.45, 7) is 5.87. The third-order valence-electron chi connectivity index (χ3n) is 4.52. The highest BCUT2D eigenvalue weighted by Gasteiger charge is 2.29. The van der Waals surface area contributed by atoms with Crippen LogP contribution in [0.3, 0.4) is 0 Å². The van der Waals surface area contributed by atoms with E-state index in [-0.39, 0.29) is 34.8 Å². The second-order valence-electron chi connectivity index (χ2n) is 6.47. The zero-order valence-corrected chi connectivity index (χ0v) is 17.2. The third-order valence-corrected chi connectivity index (χ3v) is 5.26. The van der Waals surface area contributed by atoms with E-state index in [0.29, 0.717) is 0 Å². The maximum absolute atomic E-state index is 12.8. The molecule has 0 amide bonds. The van der Waals surface area contributed by atoms with E-state index in [2.05, 4.69) is 9.88 Å². The van der Waals surface area contributed by atoms with E-state index in [1.807, 2.05) is 19.9 Å². The average Bonchev–Trinajstić information content (AvgIpc) is 2.96. The van der Waals surface area contributed by atoms with Gasteiger partial charge < -0.3 is 10.0 Å². The third kappa shape index (κ3) is 4.99. The minimum Gasteiger partial charge on any atom is -0.493 e. The molecule has 6 nitrogen and oxygen atoms in total. The maximum atomic E-state index is 12.8. The van der Waals surface area contributed by atoms with Crippen molar-refractivity contribution in [1.29, 1.82) is 0 Å². The van der Waals surface area contributed by atoms with Crippen molar-refractivity contribution in [1.82, 2.24) is 14.1 Å². The Labute approximate surface area is 175 Å². The van der Waals surface area contributed by atoms with E-state index < -0.39 is 11.2 Å². The molecule has 2 aromatic heterocycles. The minimum atomic E-state index is -4.39. The van der Waals surface area contributed by atoms with E-state index in [4.69, 9.17) is 0 Å². The average molecular weight is 438 g/mol. The van der Waals surface area contributed by atoms with Crippen molar-refractivity contribution in [3.05, 3.63) is 64.8 Å². The Kier molecular flexibility index (Phi) is 6.45. The van der Waals surface area contributed by atoms with Crippen molar-refractivity contribution in [2.24, 2.45) is 0 Å². The summed E-state index contributed by atoms with van der Waals surface area (Å²) in [6, 6.07) is 8.93. The molecule has 2 heterocycles. The number of hydrogen-bond donors (Lipinski definition) is 1. The first-order valence-corrected chi connectivity index (χ1v) is 10.1. The van der Waals surface area contributed by atoms with Gasteiger partial charge in [0.25, 0.3) is 0 Å². The molecule has 1 aromatic carbocycles. The highest BCUT2D eigenvalue weighted by Crippen LogP contribution is 2.37. The van der Waals surface area contributed by atoms with Crippen LogP contribution in [0.2, 0.25) is 0 Å². The normalized spacial score (nSPS) is 11.6. The summed E-state index contributed by atoms with van der Waals surface area (Å²) in [5.74, 6) is 0.501. The van der Waals surface area contributed by atoms with Crippen LogP contribution in [0.15, 0.2) is 58.5 Å². The number of thioether (sulfide) groups is 1. The van der Waals surface area contributed by atoms with E-state index >= 15 is 0 Å². The summed E-state index contributed by atoms with van der Waals surface area (Å²) < 4.78 is 39.8. The SMILES string of the molecule is CCN(CC)c1cc(Cn2cc(O)n(-c3ccc(SC(F)(F)F)cc3)c2=O)ccn1. The van der Waals surface area contributed by atoms with Gasteiger partial charge in [0, 0.05) is 24.2 Å². The number of imidazole rings is 1. The van der Waals surface area contributed by atoms with Crippen molar-refractivity contribution in [3.8, 4) is 11.6 Å². The quantitative estimate of drug-likeness (QED) is 0.559. The molecule has 0 aliphatic carbocycles. The van der Waals surface area contributed by atoms with Crippen molar-refractivity contribution in [2.45, 2.75) is 30.8 Å². The molecule has 0 saturated heterocycles. The van der Waals surface area contributed by atoms with Gasteiger partial charge in [0.1, 0.15) is 5.82 Å². The molecule has 10 heteroatoms. The van der Waals surface area contributed by atoms with Crippen LogP contribution in [0, 0.1) is 0 Å². The molecule has 0 aliphatic rings. The number of anilines is 1. The molecule has 3 aromatic rings. The first-order valence-electron chi connectivity index (χ1n) is 9.29. The van der Waals surface area contributed by atoms with Crippen molar-refractivity contribution < 1.29 is 18.3 Å². The number of hydrogen-bond acceptors (Lipinski definition) is 5. The number of aromatic hydroxyl groups is 1. The molecular formula is C20H21F3N4O2S. The van der Waals surface area contributed by atoms with Gasteiger partial charge in [-0.25, -0.2) is 14.3 Å². The fourth-order valence-electron chi connectivity index (χ4n) is 3.11. The Morgan fingerprint density at radius 2 is 1.80 bits per heavy atom. The van der Waals surface area contributed by atoms with Gasteiger partial charge in [-0.1, -0.05) is 0 Å². The van der Waals surface area contributed by atoms with E-state index in [1.54, 1.807) is 12.3 Å². The van der Waals surface area contributed by atoms with Crippen LogP contribution in [0.1, 0.15) is 19.4 Å². The lowest BCUT2D eigenvalue weighted by molar-refractivity contribution is -0.0328. The zero-order chi connectivity index (χ0) is 21.9. The first kappa shape index (κ1) is 21.8. The zero-order valence-electron chi connectivity index (χ0n) is 16.4. The number of halogens is 3. The molecule has 0 saturated carbocycles. The monoisotopic (exact) mass is 438 g/mol. The Morgan fingerprint density at radius 1 is 1.13 bits per heavy atom. The maximum Gasteiger partial charge on any atom is 0.446 e. The van der Waals surface area contributed by atoms with Gasteiger partial charge >= 0.3 is 11.2 Å². The van der Waals surface area contributed by atoms with Gasteiger partial charge in [-0.15, -0.1) is 0 Å². The van der Waals surface area contributed by atoms with Crippen molar-refractivity contribution in [2.75, 3.05) is 18.0 Å². The minimum absolute atomic E-state index is 0.000983. The van der Waals surface area contributed by atoms with E-state index in [0.717, 1.165) is 29.0 Å². The predicted octanol–water partition coefficient (Wildman–Crippen LogP) is 4.25. The fraction of sp³-hybridized carbons (Fsp3) is 0.300. The van der Waals surface area contributed by atoms with Gasteiger partial charge in [0.2, 0.25) is 5.88 Å². The summed E-state index contributed by atoms with van der Waals surface area (Å²) in [5.41, 5.74) is -3.77. The highest BCUT2D eigenvalue weighted by molar-refractivity contribution is 8.00. The summed E-state index contributed by atoms with van der Waals surface area (Å²) >= 11 is -0.238. The van der Waals surface area contributed by atoms with Gasteiger partial charge in [-0.05, 0) is 67.6 Å². The molecular weight excluding hydrogens is 417 g/mol. The standard InChI is InChI=1S/C20H21F3N4O2S/c1-3-25(4-2)17-11-14(9-10-24-17)12-26-13-18(28)27(19(26)29)15-5-7-16(8-6-15)30-20(21,22)23/h5-11,13,28H,3-4,12H2,1-2H3. The Morgan fingerprint density at radius 3 is 2.40 bits per heavy atom. The van der Waals surface area contributed by atoms with Gasteiger partial charge in [-0.2, -0.15) is 13.2 Å². The highest BCUT2D eigenvalue weighted by atomic mass is 32.2. The second-order valence-corrected chi connectivity index (χ2v) is 7.61. The van der Waals surface area contributed by atoms with E-state index in [1.165, 1.54) is 35.0 Å². The molecule has 160 valence electrons. The molecule has 0 atom stereocenters. The molecule has 30 heavy (non-hydrogen) atoms. The van der Waals surface area contributed by atoms with Crippen molar-refractivity contribution in [3.63, 3.8) is 0 Å². The fourth-order valence-corrected chi connectivity index (χ4v) is 3.65. The first-order chi connectivity index (χ1) is 14.2. The Hall–Kier alpha value is -2.88. The largest absolute Gasteiger partial charge is 0.493 e. The van der Waals surface area contributed by atoms with Crippen LogP contribution in [-0.4, -0.2) is 37.8 Å². The lowest BCUT2D eigenvalue weighted by atomic mass is 10.2. The van der Waals surface area contributed by atoms with Crippen LogP contribution in [0.5, 0.6) is 5.88 Å². The topological polar surface area (TPSA) is 63.3 Å². The molecule has 0 fully saturated rings. The molecule has 0 radical (unpaired) electrons. The number of rotatable bonds is 7. The summed E-state index contributed by atoms with van der Waals surface area (Å²) in [4.78, 5) is 19.2. The molecule has 0 bridgehead atoms. The molecule has 3 rings (SSSR count). The van der Waals surface area contributed by atoms with Gasteiger partial charge in [0.05, 0.1) is 18.4 Å². The van der Waals surface area contributed by atoms with Gasteiger partial charge in [0.15, 0.2) is 0 Å². The van der Waals surface area contributed by atoms with Crippen LogP contribution in [-0.2, 0) is 6.54 Å². The summed E-state index contributed by atoms with van der Waals surface area (Å²) in [5, 5.41) is 10.3. The van der Waals surface area contributed by atoms with Crippen molar-refractivity contribution >= 4 is 17.6 Å². The number of aromatic nitrogens is 3.